The van der Waals surface area contributed by atoms with Gasteiger partial charge in [0.25, 0.3) is 11.8 Å². The molecule has 0 unspecified atom stereocenters. The van der Waals surface area contributed by atoms with Gasteiger partial charge in [0, 0.05) is 30.4 Å². The maximum Gasteiger partial charge on any atom is 0.257 e. The van der Waals surface area contributed by atoms with E-state index in [2.05, 4.69) is 36.2 Å². The van der Waals surface area contributed by atoms with Crippen molar-refractivity contribution >= 4 is 11.8 Å². The van der Waals surface area contributed by atoms with Crippen molar-refractivity contribution in [3.05, 3.63) is 83.9 Å². The summed E-state index contributed by atoms with van der Waals surface area (Å²) < 4.78 is 1.93. The Balaban J connectivity index is 1.44. The third-order valence-corrected chi connectivity index (χ3v) is 6.31. The van der Waals surface area contributed by atoms with Crippen molar-refractivity contribution in [1.29, 1.82) is 0 Å². The normalized spacial score (nSPS) is 19.5. The predicted molar refractivity (Wildman–Crippen MR) is 127 cm³/mol. The van der Waals surface area contributed by atoms with E-state index < -0.39 is 5.54 Å². The molecule has 2 amide bonds. The molecule has 1 fully saturated rings. The van der Waals surface area contributed by atoms with Crippen LogP contribution in [-0.4, -0.2) is 38.1 Å². The molecular weight excluding hydrogens is 430 g/mol. The molecule has 0 spiro atoms. The first-order valence-electron chi connectivity index (χ1n) is 11.3. The van der Waals surface area contributed by atoms with Gasteiger partial charge in [-0.15, -0.1) is 0 Å². The summed E-state index contributed by atoms with van der Waals surface area (Å²) in [4.78, 5) is 27.8. The zero-order valence-electron chi connectivity index (χ0n) is 19.2. The topological polar surface area (TPSA) is 99.5 Å². The fraction of sp³-hybridized carbons (Fsp3) is 0.269. The highest BCUT2D eigenvalue weighted by atomic mass is 16.3. The number of benzene rings is 2. The number of aromatic hydroxyl groups is 1. The van der Waals surface area contributed by atoms with Crippen LogP contribution >= 0.6 is 0 Å². The number of phenolic OH excluding ortho intramolecular Hbond substituents is 1. The number of carbonyl (C=O) groups is 2. The van der Waals surface area contributed by atoms with Crippen molar-refractivity contribution in [1.82, 2.24) is 25.3 Å². The Morgan fingerprint density at radius 2 is 1.91 bits per heavy atom. The molecule has 8 heteroatoms. The second kappa shape index (κ2) is 8.06. The van der Waals surface area contributed by atoms with Crippen molar-refractivity contribution in [3.63, 3.8) is 0 Å². The van der Waals surface area contributed by atoms with Gasteiger partial charge in [0.05, 0.1) is 18.6 Å². The lowest BCUT2D eigenvalue weighted by atomic mass is 9.88. The highest BCUT2D eigenvalue weighted by Crippen LogP contribution is 2.34. The highest BCUT2D eigenvalue weighted by Gasteiger charge is 2.48. The summed E-state index contributed by atoms with van der Waals surface area (Å²) in [6.07, 6.45) is 3.85. The lowest BCUT2D eigenvalue weighted by Crippen LogP contribution is -2.52. The van der Waals surface area contributed by atoms with E-state index in [4.69, 9.17) is 0 Å². The van der Waals surface area contributed by atoms with E-state index in [1.807, 2.05) is 41.3 Å². The number of rotatable bonds is 6. The second-order valence-electron chi connectivity index (χ2n) is 9.39. The first-order valence-corrected chi connectivity index (χ1v) is 11.3. The van der Waals surface area contributed by atoms with E-state index in [1.165, 1.54) is 6.07 Å². The van der Waals surface area contributed by atoms with Gasteiger partial charge in [0.2, 0.25) is 0 Å². The zero-order valence-corrected chi connectivity index (χ0v) is 19.2. The quantitative estimate of drug-likeness (QED) is 0.529. The van der Waals surface area contributed by atoms with Crippen LogP contribution in [0, 0.1) is 5.92 Å². The van der Waals surface area contributed by atoms with Gasteiger partial charge in [-0.2, -0.15) is 5.10 Å². The van der Waals surface area contributed by atoms with Crippen LogP contribution in [-0.2, 0) is 23.4 Å². The molecule has 0 saturated carbocycles. The van der Waals surface area contributed by atoms with Crippen molar-refractivity contribution in [2.45, 2.75) is 32.5 Å². The molecule has 2 aliphatic rings. The van der Waals surface area contributed by atoms with Crippen molar-refractivity contribution in [2.75, 3.05) is 6.54 Å². The van der Waals surface area contributed by atoms with Crippen LogP contribution in [0.5, 0.6) is 5.75 Å². The molecule has 1 aromatic heterocycles. The summed E-state index contributed by atoms with van der Waals surface area (Å²) >= 11 is 0. The van der Waals surface area contributed by atoms with Crippen molar-refractivity contribution in [2.24, 2.45) is 5.92 Å². The van der Waals surface area contributed by atoms with Gasteiger partial charge in [-0.3, -0.25) is 14.3 Å². The number of hydrogen-bond donors (Lipinski definition) is 3. The summed E-state index contributed by atoms with van der Waals surface area (Å²) in [5.74, 6) is 0.457. The first kappa shape index (κ1) is 21.8. The van der Waals surface area contributed by atoms with Gasteiger partial charge in [-0.25, -0.2) is 0 Å². The number of nitrogens with zero attached hydrogens (tertiary/aromatic N) is 3. The molecule has 0 bridgehead atoms. The van der Waals surface area contributed by atoms with Crippen molar-refractivity contribution < 1.29 is 14.7 Å². The van der Waals surface area contributed by atoms with Gasteiger partial charge in [-0.1, -0.05) is 50.8 Å². The number of hydrogen-bond acceptors (Lipinski definition) is 5. The minimum Gasteiger partial charge on any atom is -0.508 e. The third kappa shape index (κ3) is 3.71. The maximum atomic E-state index is 13.2. The van der Waals surface area contributed by atoms with Gasteiger partial charge < -0.3 is 20.6 Å². The average Bonchev–Trinajstić information content (AvgIpc) is 3.45. The summed E-state index contributed by atoms with van der Waals surface area (Å²) in [6, 6.07) is 12.5. The summed E-state index contributed by atoms with van der Waals surface area (Å²) in [6.45, 7) is 9.50. The van der Waals surface area contributed by atoms with E-state index in [9.17, 15) is 14.7 Å². The smallest absolute Gasteiger partial charge is 0.257 e. The average molecular weight is 458 g/mol. The highest BCUT2D eigenvalue weighted by molar-refractivity contribution is 6.00. The summed E-state index contributed by atoms with van der Waals surface area (Å²) in [7, 11) is 0. The van der Waals surface area contributed by atoms with E-state index in [0.717, 1.165) is 28.8 Å². The van der Waals surface area contributed by atoms with Crippen LogP contribution < -0.4 is 10.6 Å². The zero-order chi connectivity index (χ0) is 24.0. The Labute approximate surface area is 197 Å². The number of carbonyl (C=O) groups excluding carboxylic acids is 2. The molecule has 8 nitrogen and oxygen atoms in total. The van der Waals surface area contributed by atoms with Gasteiger partial charge >= 0.3 is 0 Å². The van der Waals surface area contributed by atoms with Crippen LogP contribution in [0.4, 0.5) is 0 Å². The molecular formula is C26H27N5O3. The number of amides is 2. The molecule has 0 aliphatic carbocycles. The Morgan fingerprint density at radius 1 is 1.15 bits per heavy atom. The molecule has 1 saturated heterocycles. The molecule has 3 heterocycles. The van der Waals surface area contributed by atoms with Crippen LogP contribution in [0.25, 0.3) is 11.1 Å². The number of phenols is 1. The SMILES string of the molecule is C=C1NC(=O)[C@](CN2Cc3ccc(O)cc3C2=O)(c2ccc(-c3cnn(CC(C)C)c3)cc2)N1. The molecule has 5 rings (SSSR count). The molecule has 3 aromatic rings. The van der Waals surface area contributed by atoms with Gasteiger partial charge in [-0.05, 0) is 34.7 Å². The maximum absolute atomic E-state index is 13.2. The largest absolute Gasteiger partial charge is 0.508 e. The molecule has 3 N–H and O–H groups in total. The Hall–Kier alpha value is -4.07. The lowest BCUT2D eigenvalue weighted by molar-refractivity contribution is -0.124. The van der Waals surface area contributed by atoms with E-state index in [0.29, 0.717) is 23.8 Å². The summed E-state index contributed by atoms with van der Waals surface area (Å²) in [5, 5.41) is 20.2. The minimum absolute atomic E-state index is 0.0427. The van der Waals surface area contributed by atoms with Crippen LogP contribution in [0.15, 0.2) is 67.3 Å². The fourth-order valence-corrected chi connectivity index (χ4v) is 4.69. The van der Waals surface area contributed by atoms with E-state index in [-0.39, 0.29) is 24.1 Å². The monoisotopic (exact) mass is 457 g/mol. The second-order valence-corrected chi connectivity index (χ2v) is 9.39. The van der Waals surface area contributed by atoms with Crippen LogP contribution in [0.2, 0.25) is 0 Å². The minimum atomic E-state index is -1.17. The van der Waals surface area contributed by atoms with Gasteiger partial charge in [0.15, 0.2) is 5.54 Å². The number of aromatic nitrogens is 2. The van der Waals surface area contributed by atoms with Crippen molar-refractivity contribution in [3.8, 4) is 16.9 Å². The van der Waals surface area contributed by atoms with E-state index >= 15 is 0 Å². The number of nitrogens with one attached hydrogen (secondary N) is 2. The lowest BCUT2D eigenvalue weighted by Gasteiger charge is -2.32. The Bertz CT molecular complexity index is 1290. The Morgan fingerprint density at radius 3 is 2.59 bits per heavy atom. The summed E-state index contributed by atoms with van der Waals surface area (Å²) in [5.41, 5.74) is 2.83. The predicted octanol–water partition coefficient (Wildman–Crippen LogP) is 2.95. The number of fused-ring (bicyclic) bond motifs is 1. The molecule has 174 valence electrons. The first-order chi connectivity index (χ1) is 16.2. The molecule has 2 aliphatic heterocycles. The molecule has 1 atom stereocenters. The van der Waals surface area contributed by atoms with Gasteiger partial charge in [0.1, 0.15) is 5.75 Å². The molecule has 2 aromatic carbocycles. The molecule has 0 radical (unpaired) electrons. The van der Waals surface area contributed by atoms with E-state index in [1.54, 1.807) is 17.0 Å². The fourth-order valence-electron chi connectivity index (χ4n) is 4.69. The molecule has 34 heavy (non-hydrogen) atoms. The van der Waals surface area contributed by atoms with Crippen LogP contribution in [0.3, 0.4) is 0 Å². The van der Waals surface area contributed by atoms with Crippen LogP contribution in [0.1, 0.15) is 35.3 Å². The standard InChI is InChI=1S/C26H27N5O3/c1-16(2)12-31-14-20(11-27-31)18-4-7-21(8-5-18)26(25(34)28-17(3)29-26)15-30-13-19-6-9-22(32)10-23(19)24(30)33/h4-11,14,16,29,32H,3,12-13,15H2,1-2H3,(H,28,34)/t26-/m0/s1. The third-order valence-electron chi connectivity index (χ3n) is 6.31. The Kier molecular flexibility index (Phi) is 5.16.